The molecule has 2 heterocycles. The molecule has 0 radical (unpaired) electrons. The number of nitrogens with one attached hydrogen (secondary N) is 1. The Bertz CT molecular complexity index is 597. The van der Waals surface area contributed by atoms with Crippen molar-refractivity contribution in [3.8, 4) is 0 Å². The number of nitrogens with zero attached hydrogens (tertiary/aromatic N) is 2. The Kier molecular flexibility index (Phi) is 5.64. The largest absolute Gasteiger partial charge is 0.481 e. The van der Waals surface area contributed by atoms with Crippen molar-refractivity contribution in [1.29, 1.82) is 0 Å². The molecule has 0 saturated carbocycles. The first kappa shape index (κ1) is 18.4. The molecule has 7 nitrogen and oxygen atoms in total. The highest BCUT2D eigenvalue weighted by atomic mass is 16.5. The quantitative estimate of drug-likeness (QED) is 0.854. The van der Waals surface area contributed by atoms with E-state index in [1.165, 1.54) is 0 Å². The summed E-state index contributed by atoms with van der Waals surface area (Å²) in [5.41, 5.74) is 0.913. The van der Waals surface area contributed by atoms with Crippen molar-refractivity contribution < 1.29 is 19.4 Å². The molecule has 1 aliphatic rings. The number of carboxylic acids is 1. The molecule has 1 aromatic heterocycles. The number of aliphatic carboxylic acids is 1. The number of aryl methyl sites for hydroxylation is 1. The van der Waals surface area contributed by atoms with Crippen molar-refractivity contribution in [2.24, 2.45) is 11.8 Å². The maximum atomic E-state index is 12.4. The summed E-state index contributed by atoms with van der Waals surface area (Å²) < 4.78 is 7.04. The summed E-state index contributed by atoms with van der Waals surface area (Å²) in [6.07, 6.45) is 3.15. The topological polar surface area (TPSA) is 93.5 Å². The smallest absolute Gasteiger partial charge is 0.308 e. The van der Waals surface area contributed by atoms with Gasteiger partial charge in [-0.15, -0.1) is 0 Å². The normalized spacial score (nSPS) is 17.5. The molecule has 24 heavy (non-hydrogen) atoms. The Morgan fingerprint density at radius 2 is 2.04 bits per heavy atom. The predicted octanol–water partition coefficient (Wildman–Crippen LogP) is 1.80. The molecule has 0 aromatic carbocycles. The van der Waals surface area contributed by atoms with Crippen LogP contribution in [0.15, 0.2) is 6.20 Å². The van der Waals surface area contributed by atoms with E-state index < -0.39 is 11.9 Å². The van der Waals surface area contributed by atoms with Gasteiger partial charge in [-0.2, -0.15) is 5.10 Å². The van der Waals surface area contributed by atoms with E-state index >= 15 is 0 Å². The van der Waals surface area contributed by atoms with Crippen LogP contribution in [0.5, 0.6) is 0 Å². The van der Waals surface area contributed by atoms with Crippen molar-refractivity contribution in [2.75, 3.05) is 19.8 Å². The highest BCUT2D eigenvalue weighted by Crippen LogP contribution is 2.24. The molecule has 0 aliphatic carbocycles. The predicted molar refractivity (Wildman–Crippen MR) is 89.0 cm³/mol. The van der Waals surface area contributed by atoms with E-state index in [0.29, 0.717) is 37.3 Å². The van der Waals surface area contributed by atoms with Crippen LogP contribution in [0.25, 0.3) is 0 Å². The van der Waals surface area contributed by atoms with Gasteiger partial charge in [0.2, 0.25) is 0 Å². The third-order valence-electron chi connectivity index (χ3n) is 4.47. The first-order chi connectivity index (χ1) is 11.2. The monoisotopic (exact) mass is 337 g/mol. The van der Waals surface area contributed by atoms with Crippen LogP contribution in [-0.4, -0.2) is 46.5 Å². The van der Waals surface area contributed by atoms with Gasteiger partial charge in [-0.1, -0.05) is 0 Å². The molecule has 2 rings (SSSR count). The number of carbonyl (C=O) groups is 2. The van der Waals surface area contributed by atoms with Gasteiger partial charge in [0.05, 0.1) is 22.7 Å². The molecule has 7 heteroatoms. The number of rotatable bonds is 5. The summed E-state index contributed by atoms with van der Waals surface area (Å²) >= 11 is 0. The average Bonchev–Trinajstić information content (AvgIpc) is 2.90. The van der Waals surface area contributed by atoms with Crippen LogP contribution in [-0.2, 0) is 15.1 Å². The second kappa shape index (κ2) is 7.34. The molecule has 0 spiro atoms. The van der Waals surface area contributed by atoms with E-state index in [4.69, 9.17) is 4.74 Å². The van der Waals surface area contributed by atoms with Crippen LogP contribution in [0.2, 0.25) is 0 Å². The van der Waals surface area contributed by atoms with Crippen molar-refractivity contribution in [3.05, 3.63) is 17.5 Å². The van der Waals surface area contributed by atoms with Crippen molar-refractivity contribution in [2.45, 2.75) is 46.1 Å². The standard InChI is InChI=1S/C17H27N3O4/c1-11-14(10-20(19-11)17(2,3)4)15(21)18-9-13(16(22)23)12-5-7-24-8-6-12/h10,12-13H,5-9H2,1-4H3,(H,18,21)(H,22,23). The van der Waals surface area contributed by atoms with Gasteiger partial charge < -0.3 is 15.2 Å². The van der Waals surface area contributed by atoms with Gasteiger partial charge >= 0.3 is 5.97 Å². The minimum Gasteiger partial charge on any atom is -0.481 e. The van der Waals surface area contributed by atoms with Gasteiger partial charge in [0.25, 0.3) is 5.91 Å². The third kappa shape index (κ3) is 4.35. The van der Waals surface area contributed by atoms with Crippen LogP contribution in [0.3, 0.4) is 0 Å². The van der Waals surface area contributed by atoms with Gasteiger partial charge in [-0.3, -0.25) is 14.3 Å². The number of aromatic nitrogens is 2. The molecule has 134 valence electrons. The average molecular weight is 337 g/mol. The lowest BCUT2D eigenvalue weighted by molar-refractivity contribution is -0.144. The van der Waals surface area contributed by atoms with E-state index in [2.05, 4.69) is 10.4 Å². The molecule has 2 N–H and O–H groups in total. The van der Waals surface area contributed by atoms with E-state index in [1.54, 1.807) is 17.8 Å². The van der Waals surface area contributed by atoms with Crippen molar-refractivity contribution >= 4 is 11.9 Å². The highest BCUT2D eigenvalue weighted by Gasteiger charge is 2.30. The lowest BCUT2D eigenvalue weighted by Crippen LogP contribution is -2.39. The van der Waals surface area contributed by atoms with Crippen LogP contribution >= 0.6 is 0 Å². The SMILES string of the molecule is Cc1nn(C(C)(C)C)cc1C(=O)NCC(C(=O)O)C1CCOCC1. The Balaban J connectivity index is 2.03. The van der Waals surface area contributed by atoms with Crippen molar-refractivity contribution in [3.63, 3.8) is 0 Å². The zero-order valence-electron chi connectivity index (χ0n) is 14.8. The first-order valence-corrected chi connectivity index (χ1v) is 8.35. The fourth-order valence-corrected chi connectivity index (χ4v) is 2.90. The lowest BCUT2D eigenvalue weighted by atomic mass is 9.86. The molecular weight excluding hydrogens is 310 g/mol. The molecule has 1 unspecified atom stereocenters. The van der Waals surface area contributed by atoms with E-state index in [1.807, 2.05) is 20.8 Å². The zero-order valence-corrected chi connectivity index (χ0v) is 14.8. The van der Waals surface area contributed by atoms with Crippen LogP contribution in [0, 0.1) is 18.8 Å². The molecule has 0 bridgehead atoms. The molecule has 1 amide bonds. The summed E-state index contributed by atoms with van der Waals surface area (Å²) in [6, 6.07) is 0. The Labute approximate surface area is 142 Å². The number of carbonyl (C=O) groups excluding carboxylic acids is 1. The summed E-state index contributed by atoms with van der Waals surface area (Å²) in [5.74, 6) is -1.70. The molecule has 1 atom stereocenters. The summed E-state index contributed by atoms with van der Waals surface area (Å²) in [6.45, 7) is 9.09. The third-order valence-corrected chi connectivity index (χ3v) is 4.47. The van der Waals surface area contributed by atoms with Gasteiger partial charge in [0.1, 0.15) is 0 Å². The van der Waals surface area contributed by atoms with E-state index in [9.17, 15) is 14.7 Å². The molecule has 1 aromatic rings. The van der Waals surface area contributed by atoms with Gasteiger partial charge in [-0.25, -0.2) is 0 Å². The summed E-state index contributed by atoms with van der Waals surface area (Å²) in [7, 11) is 0. The van der Waals surface area contributed by atoms with E-state index in [0.717, 1.165) is 0 Å². The lowest BCUT2D eigenvalue weighted by Gasteiger charge is -2.27. The van der Waals surface area contributed by atoms with Gasteiger partial charge in [0, 0.05) is 26.0 Å². The van der Waals surface area contributed by atoms with Crippen molar-refractivity contribution in [1.82, 2.24) is 15.1 Å². The van der Waals surface area contributed by atoms with Crippen LogP contribution in [0.4, 0.5) is 0 Å². The fraction of sp³-hybridized carbons (Fsp3) is 0.706. The van der Waals surface area contributed by atoms with E-state index in [-0.39, 0.29) is 23.9 Å². The minimum atomic E-state index is -0.871. The van der Waals surface area contributed by atoms with Crippen LogP contribution in [0.1, 0.15) is 49.7 Å². The summed E-state index contributed by atoms with van der Waals surface area (Å²) in [4.78, 5) is 24.0. The fourth-order valence-electron chi connectivity index (χ4n) is 2.90. The Morgan fingerprint density at radius 3 is 2.54 bits per heavy atom. The molecule has 1 saturated heterocycles. The number of hydrogen-bond acceptors (Lipinski definition) is 4. The molecule has 1 aliphatic heterocycles. The van der Waals surface area contributed by atoms with Gasteiger partial charge in [0.15, 0.2) is 0 Å². The zero-order chi connectivity index (χ0) is 17.9. The number of amides is 1. The first-order valence-electron chi connectivity index (χ1n) is 8.35. The molecular formula is C17H27N3O4. The van der Waals surface area contributed by atoms with Gasteiger partial charge in [-0.05, 0) is 46.5 Å². The summed E-state index contributed by atoms with van der Waals surface area (Å²) in [5, 5.41) is 16.6. The number of ether oxygens (including phenoxy) is 1. The maximum Gasteiger partial charge on any atom is 0.308 e. The minimum absolute atomic E-state index is 0.0370. The second-order valence-corrected chi connectivity index (χ2v) is 7.35. The second-order valence-electron chi connectivity index (χ2n) is 7.35. The Hall–Kier alpha value is -1.89. The Morgan fingerprint density at radius 1 is 1.42 bits per heavy atom. The number of carboxylic acid groups (broad SMARTS) is 1. The molecule has 1 fully saturated rings. The number of hydrogen-bond donors (Lipinski definition) is 2. The highest BCUT2D eigenvalue weighted by molar-refractivity contribution is 5.95. The maximum absolute atomic E-state index is 12.4. The van der Waals surface area contributed by atoms with Crippen LogP contribution < -0.4 is 5.32 Å².